The first-order chi connectivity index (χ1) is 15.9. The van der Waals surface area contributed by atoms with Crippen molar-refractivity contribution in [1.29, 1.82) is 0 Å². The largest absolute Gasteiger partial charge is 0.381 e. The maximum absolute atomic E-state index is 14.0. The number of hydrogen-bond acceptors (Lipinski definition) is 8. The normalized spacial score (nSPS) is 16.6. The standard InChI is InChI=1S/C22H21ClFN7O2/c1-22(32,14-2-3-16(23)17(24)11-14)20-30-29-19-10-13(12-26-31(19)20)18-4-7-25-21(28-18)27-15-5-8-33-9-6-15/h2-4,7,10-12,15,32H,5-6,8-9H2,1H3,(H,25,27,28)/t22-/m1/s1. The minimum absolute atomic E-state index is 0.0288. The topological polar surface area (TPSA) is 110 Å². The Hall–Kier alpha value is -3.21. The Balaban J connectivity index is 1.45. The lowest BCUT2D eigenvalue weighted by Gasteiger charge is -2.23. The lowest BCUT2D eigenvalue weighted by Crippen LogP contribution is -2.28. The van der Waals surface area contributed by atoms with Gasteiger partial charge in [0.1, 0.15) is 11.4 Å². The van der Waals surface area contributed by atoms with Gasteiger partial charge in [-0.15, -0.1) is 10.2 Å². The second-order valence-electron chi connectivity index (χ2n) is 8.04. The quantitative estimate of drug-likeness (QED) is 0.458. The van der Waals surface area contributed by atoms with Gasteiger partial charge in [0.15, 0.2) is 11.5 Å². The molecular weight excluding hydrogens is 449 g/mol. The van der Waals surface area contributed by atoms with Crippen molar-refractivity contribution in [3.63, 3.8) is 0 Å². The monoisotopic (exact) mass is 469 g/mol. The van der Waals surface area contributed by atoms with Crippen LogP contribution >= 0.6 is 11.6 Å². The van der Waals surface area contributed by atoms with Crippen LogP contribution in [0.15, 0.2) is 42.7 Å². The summed E-state index contributed by atoms with van der Waals surface area (Å²) < 4.78 is 20.8. The molecule has 0 amide bonds. The minimum Gasteiger partial charge on any atom is -0.381 e. The van der Waals surface area contributed by atoms with Gasteiger partial charge in [-0.1, -0.05) is 17.7 Å². The van der Waals surface area contributed by atoms with Crippen molar-refractivity contribution in [2.24, 2.45) is 0 Å². The summed E-state index contributed by atoms with van der Waals surface area (Å²) in [5.41, 5.74) is 0.440. The van der Waals surface area contributed by atoms with Gasteiger partial charge in [0, 0.05) is 31.0 Å². The van der Waals surface area contributed by atoms with E-state index in [1.807, 2.05) is 0 Å². The van der Waals surface area contributed by atoms with Crippen LogP contribution in [-0.4, -0.2) is 54.1 Å². The van der Waals surface area contributed by atoms with Crippen molar-refractivity contribution in [2.75, 3.05) is 18.5 Å². The lowest BCUT2D eigenvalue weighted by atomic mass is 9.95. The molecule has 1 aliphatic heterocycles. The van der Waals surface area contributed by atoms with Gasteiger partial charge in [-0.3, -0.25) is 0 Å². The zero-order valence-electron chi connectivity index (χ0n) is 17.7. The molecule has 0 aliphatic carbocycles. The molecule has 0 radical (unpaired) electrons. The molecule has 3 aromatic heterocycles. The van der Waals surface area contributed by atoms with Gasteiger partial charge in [0.25, 0.3) is 0 Å². The lowest BCUT2D eigenvalue weighted by molar-refractivity contribution is 0.0894. The van der Waals surface area contributed by atoms with Crippen LogP contribution in [0.3, 0.4) is 0 Å². The molecule has 0 spiro atoms. The molecule has 4 aromatic rings. The number of ether oxygens (including phenoxy) is 1. The molecule has 4 heterocycles. The Bertz CT molecular complexity index is 1310. The van der Waals surface area contributed by atoms with Crippen molar-refractivity contribution < 1.29 is 14.2 Å². The third-order valence-electron chi connectivity index (χ3n) is 5.68. The smallest absolute Gasteiger partial charge is 0.223 e. The third-order valence-corrected chi connectivity index (χ3v) is 5.99. The van der Waals surface area contributed by atoms with E-state index in [4.69, 9.17) is 16.3 Å². The van der Waals surface area contributed by atoms with E-state index in [2.05, 4.69) is 30.6 Å². The molecule has 2 N–H and O–H groups in total. The number of benzene rings is 1. The van der Waals surface area contributed by atoms with Crippen LogP contribution in [0.4, 0.5) is 10.3 Å². The molecule has 11 heteroatoms. The summed E-state index contributed by atoms with van der Waals surface area (Å²) in [6.45, 7) is 2.94. The van der Waals surface area contributed by atoms with E-state index in [1.54, 1.807) is 24.5 Å². The highest BCUT2D eigenvalue weighted by Crippen LogP contribution is 2.30. The van der Waals surface area contributed by atoms with Crippen molar-refractivity contribution in [3.8, 4) is 11.3 Å². The zero-order chi connectivity index (χ0) is 23.0. The number of nitrogens with zero attached hydrogens (tertiary/aromatic N) is 6. The summed E-state index contributed by atoms with van der Waals surface area (Å²) in [6.07, 6.45) is 5.10. The molecule has 1 saturated heterocycles. The maximum Gasteiger partial charge on any atom is 0.223 e. The molecule has 5 rings (SSSR count). The summed E-state index contributed by atoms with van der Waals surface area (Å²) in [7, 11) is 0. The van der Waals surface area contributed by atoms with Crippen molar-refractivity contribution >= 4 is 23.2 Å². The Morgan fingerprint density at radius 1 is 1.21 bits per heavy atom. The number of hydrogen-bond donors (Lipinski definition) is 2. The Labute approximate surface area is 193 Å². The van der Waals surface area contributed by atoms with Crippen LogP contribution in [0.5, 0.6) is 0 Å². The van der Waals surface area contributed by atoms with Crippen molar-refractivity contribution in [1.82, 2.24) is 29.8 Å². The highest BCUT2D eigenvalue weighted by Gasteiger charge is 2.32. The fourth-order valence-corrected chi connectivity index (χ4v) is 3.89. The van der Waals surface area contributed by atoms with Crippen LogP contribution in [0.1, 0.15) is 31.2 Å². The fraction of sp³-hybridized carbons (Fsp3) is 0.318. The highest BCUT2D eigenvalue weighted by atomic mass is 35.5. The van der Waals surface area contributed by atoms with Gasteiger partial charge in [0.2, 0.25) is 5.95 Å². The average molecular weight is 470 g/mol. The Kier molecular flexibility index (Phi) is 5.65. The first-order valence-corrected chi connectivity index (χ1v) is 10.9. The molecule has 0 bridgehead atoms. The van der Waals surface area contributed by atoms with E-state index in [0.717, 1.165) is 31.6 Å². The van der Waals surface area contributed by atoms with E-state index in [0.29, 0.717) is 17.3 Å². The number of aromatic nitrogens is 6. The van der Waals surface area contributed by atoms with Crippen molar-refractivity contribution in [2.45, 2.75) is 31.4 Å². The molecule has 1 fully saturated rings. The van der Waals surface area contributed by atoms with E-state index in [9.17, 15) is 9.50 Å². The number of fused-ring (bicyclic) bond motifs is 1. The van der Waals surface area contributed by atoms with Gasteiger partial charge in [-0.25, -0.2) is 14.4 Å². The number of anilines is 1. The van der Waals surface area contributed by atoms with Crippen LogP contribution < -0.4 is 5.32 Å². The van der Waals surface area contributed by atoms with E-state index >= 15 is 0 Å². The molecule has 33 heavy (non-hydrogen) atoms. The summed E-state index contributed by atoms with van der Waals surface area (Å²) >= 11 is 5.77. The molecule has 1 aliphatic rings. The van der Waals surface area contributed by atoms with Gasteiger partial charge < -0.3 is 15.2 Å². The SMILES string of the molecule is C[C@@](O)(c1ccc(Cl)c(F)c1)c1nnc2cc(-c3ccnc(NC4CCOCC4)n3)cnn12. The predicted molar refractivity (Wildman–Crippen MR) is 119 cm³/mol. The second-order valence-corrected chi connectivity index (χ2v) is 8.44. The summed E-state index contributed by atoms with van der Waals surface area (Å²) in [5, 5.41) is 27.1. The number of rotatable bonds is 5. The zero-order valence-corrected chi connectivity index (χ0v) is 18.5. The molecule has 1 atom stereocenters. The predicted octanol–water partition coefficient (Wildman–Crippen LogP) is 3.22. The minimum atomic E-state index is -1.64. The van der Waals surface area contributed by atoms with Gasteiger partial charge in [-0.2, -0.15) is 9.61 Å². The average Bonchev–Trinajstić information content (AvgIpc) is 3.26. The Morgan fingerprint density at radius 2 is 2.03 bits per heavy atom. The van der Waals surface area contributed by atoms with Crippen LogP contribution in [0.2, 0.25) is 5.02 Å². The first kappa shape index (κ1) is 21.6. The first-order valence-electron chi connectivity index (χ1n) is 10.5. The highest BCUT2D eigenvalue weighted by molar-refractivity contribution is 6.30. The molecular formula is C22H21ClFN7O2. The fourth-order valence-electron chi connectivity index (χ4n) is 3.78. The molecule has 170 valence electrons. The molecule has 0 saturated carbocycles. The van der Waals surface area contributed by atoms with Crippen LogP contribution in [0.25, 0.3) is 16.9 Å². The maximum atomic E-state index is 14.0. The van der Waals surface area contributed by atoms with Crippen LogP contribution in [-0.2, 0) is 10.3 Å². The van der Waals surface area contributed by atoms with Crippen LogP contribution in [0, 0.1) is 5.82 Å². The number of aliphatic hydroxyl groups is 1. The van der Waals surface area contributed by atoms with Gasteiger partial charge in [-0.05, 0) is 49.6 Å². The summed E-state index contributed by atoms with van der Waals surface area (Å²) in [6, 6.07) is 7.92. The number of halogens is 2. The van der Waals surface area contributed by atoms with E-state index in [-0.39, 0.29) is 22.5 Å². The molecule has 1 aromatic carbocycles. The van der Waals surface area contributed by atoms with E-state index in [1.165, 1.54) is 29.6 Å². The molecule has 9 nitrogen and oxygen atoms in total. The van der Waals surface area contributed by atoms with E-state index < -0.39 is 11.4 Å². The molecule has 0 unspecified atom stereocenters. The third kappa shape index (κ3) is 4.24. The second kappa shape index (κ2) is 8.62. The summed E-state index contributed by atoms with van der Waals surface area (Å²) in [4.78, 5) is 8.92. The van der Waals surface area contributed by atoms with Gasteiger partial charge >= 0.3 is 0 Å². The van der Waals surface area contributed by atoms with Crippen molar-refractivity contribution in [3.05, 3.63) is 65.0 Å². The van der Waals surface area contributed by atoms with Gasteiger partial charge in [0.05, 0.1) is 16.9 Å². The Morgan fingerprint density at radius 3 is 2.82 bits per heavy atom. The number of nitrogens with one attached hydrogen (secondary N) is 1. The summed E-state index contributed by atoms with van der Waals surface area (Å²) in [5.74, 6) is 0.0527.